The average molecular weight is 291 g/mol. The molecule has 5 heteroatoms. The number of aromatic nitrogens is 1. The molecule has 0 bridgehead atoms. The van der Waals surface area contributed by atoms with Crippen LogP contribution in [-0.2, 0) is 9.47 Å². The largest absolute Gasteiger partial charge is 0.346 e. The lowest BCUT2D eigenvalue weighted by Gasteiger charge is -2.44. The predicted molar refractivity (Wildman–Crippen MR) is 80.7 cm³/mol. The van der Waals surface area contributed by atoms with Crippen molar-refractivity contribution in [2.45, 2.75) is 44.1 Å². The summed E-state index contributed by atoms with van der Waals surface area (Å²) in [6.45, 7) is 5.38. The molecular formula is C16H25N3O2. The van der Waals surface area contributed by atoms with Gasteiger partial charge < -0.3 is 15.2 Å². The maximum absolute atomic E-state index is 6.42. The Morgan fingerprint density at radius 1 is 1.33 bits per heavy atom. The molecule has 1 aromatic rings. The second kappa shape index (κ2) is 6.40. The van der Waals surface area contributed by atoms with Gasteiger partial charge in [-0.1, -0.05) is 6.92 Å². The van der Waals surface area contributed by atoms with E-state index in [2.05, 4.69) is 28.9 Å². The third-order valence-electron chi connectivity index (χ3n) is 4.58. The fourth-order valence-electron chi connectivity index (χ4n) is 3.50. The molecule has 3 heterocycles. The van der Waals surface area contributed by atoms with Gasteiger partial charge in [0.05, 0.1) is 25.8 Å². The highest BCUT2D eigenvalue weighted by molar-refractivity contribution is 5.18. The zero-order chi connectivity index (χ0) is 14.7. The number of rotatable bonds is 4. The van der Waals surface area contributed by atoms with E-state index in [1.807, 2.05) is 12.4 Å². The number of ether oxygens (including phenoxy) is 2. The smallest absolute Gasteiger partial charge is 0.181 e. The van der Waals surface area contributed by atoms with Crippen LogP contribution in [0.2, 0.25) is 0 Å². The summed E-state index contributed by atoms with van der Waals surface area (Å²) >= 11 is 0. The Balaban J connectivity index is 1.82. The second-order valence-electron chi connectivity index (χ2n) is 5.98. The van der Waals surface area contributed by atoms with Gasteiger partial charge in [-0.05, 0) is 37.1 Å². The molecule has 5 nitrogen and oxygen atoms in total. The van der Waals surface area contributed by atoms with Crippen LogP contribution in [0.1, 0.15) is 37.8 Å². The zero-order valence-electron chi connectivity index (χ0n) is 12.7. The summed E-state index contributed by atoms with van der Waals surface area (Å²) in [5, 5.41) is 0. The van der Waals surface area contributed by atoms with E-state index < -0.39 is 5.79 Å². The molecule has 2 unspecified atom stereocenters. The van der Waals surface area contributed by atoms with Gasteiger partial charge in [0.2, 0.25) is 0 Å². The highest BCUT2D eigenvalue weighted by Crippen LogP contribution is 2.35. The molecule has 2 aliphatic rings. The van der Waals surface area contributed by atoms with Crippen molar-refractivity contribution in [1.29, 1.82) is 0 Å². The van der Waals surface area contributed by atoms with Crippen molar-refractivity contribution in [2.75, 3.05) is 26.3 Å². The van der Waals surface area contributed by atoms with Gasteiger partial charge in [0, 0.05) is 24.9 Å². The Morgan fingerprint density at radius 2 is 2.05 bits per heavy atom. The highest BCUT2D eigenvalue weighted by atomic mass is 16.7. The summed E-state index contributed by atoms with van der Waals surface area (Å²) in [6.07, 6.45) is 6.68. The van der Waals surface area contributed by atoms with Crippen molar-refractivity contribution in [3.8, 4) is 0 Å². The SMILES string of the molecule is CCC(N)C(c1ccncc1)N1CCCC2(C1)OCCO2. The first-order valence-electron chi connectivity index (χ1n) is 7.91. The zero-order valence-corrected chi connectivity index (χ0v) is 12.7. The molecule has 0 radical (unpaired) electrons. The van der Waals surface area contributed by atoms with Crippen LogP contribution < -0.4 is 5.73 Å². The summed E-state index contributed by atoms with van der Waals surface area (Å²) < 4.78 is 11.8. The van der Waals surface area contributed by atoms with Gasteiger partial charge in [-0.25, -0.2) is 0 Å². The molecule has 0 saturated carbocycles. The molecule has 1 spiro atoms. The van der Waals surface area contributed by atoms with E-state index in [1.54, 1.807) is 0 Å². The number of nitrogens with zero attached hydrogens (tertiary/aromatic N) is 2. The molecule has 2 N–H and O–H groups in total. The molecule has 1 aromatic heterocycles. The topological polar surface area (TPSA) is 60.6 Å². The summed E-state index contributed by atoms with van der Waals surface area (Å²) in [5.41, 5.74) is 7.65. The van der Waals surface area contributed by atoms with Gasteiger partial charge >= 0.3 is 0 Å². The first-order valence-corrected chi connectivity index (χ1v) is 7.91. The van der Waals surface area contributed by atoms with Crippen LogP contribution in [0.3, 0.4) is 0 Å². The van der Waals surface area contributed by atoms with Crippen molar-refractivity contribution < 1.29 is 9.47 Å². The predicted octanol–water partition coefficient (Wildman–Crippen LogP) is 1.70. The maximum Gasteiger partial charge on any atom is 0.181 e. The van der Waals surface area contributed by atoms with Crippen molar-refractivity contribution >= 4 is 0 Å². The molecule has 2 atom stereocenters. The van der Waals surface area contributed by atoms with E-state index in [1.165, 1.54) is 5.56 Å². The third kappa shape index (κ3) is 3.11. The van der Waals surface area contributed by atoms with Gasteiger partial charge in [-0.3, -0.25) is 9.88 Å². The second-order valence-corrected chi connectivity index (χ2v) is 5.98. The van der Waals surface area contributed by atoms with Crippen LogP contribution in [0.25, 0.3) is 0 Å². The standard InChI is InChI=1S/C16H25N3O2/c1-2-14(17)15(13-4-7-18-8-5-13)19-9-3-6-16(12-19)20-10-11-21-16/h4-5,7-8,14-15H,2-3,6,9-12,17H2,1H3. The number of likely N-dealkylation sites (tertiary alicyclic amines) is 1. The van der Waals surface area contributed by atoms with Crippen LogP contribution in [0, 0.1) is 0 Å². The normalized spacial score (nSPS) is 25.0. The number of hydrogen-bond acceptors (Lipinski definition) is 5. The molecule has 0 aromatic carbocycles. The first-order chi connectivity index (χ1) is 10.2. The number of pyridine rings is 1. The maximum atomic E-state index is 6.42. The van der Waals surface area contributed by atoms with Crippen molar-refractivity contribution in [3.05, 3.63) is 30.1 Å². The van der Waals surface area contributed by atoms with E-state index >= 15 is 0 Å². The molecule has 0 aliphatic carbocycles. The molecule has 116 valence electrons. The summed E-state index contributed by atoms with van der Waals surface area (Å²) in [7, 11) is 0. The van der Waals surface area contributed by atoms with Crippen molar-refractivity contribution in [1.82, 2.24) is 9.88 Å². The van der Waals surface area contributed by atoms with E-state index in [0.717, 1.165) is 32.4 Å². The third-order valence-corrected chi connectivity index (χ3v) is 4.58. The monoisotopic (exact) mass is 291 g/mol. The minimum Gasteiger partial charge on any atom is -0.346 e. The number of piperidine rings is 1. The van der Waals surface area contributed by atoms with Gasteiger partial charge in [-0.2, -0.15) is 0 Å². The lowest BCUT2D eigenvalue weighted by Crippen LogP contribution is -2.53. The lowest BCUT2D eigenvalue weighted by atomic mass is 9.93. The fourth-order valence-corrected chi connectivity index (χ4v) is 3.50. The Kier molecular flexibility index (Phi) is 4.54. The quantitative estimate of drug-likeness (QED) is 0.915. The van der Waals surface area contributed by atoms with Crippen molar-refractivity contribution in [2.24, 2.45) is 5.73 Å². The van der Waals surface area contributed by atoms with Crippen LogP contribution in [0.15, 0.2) is 24.5 Å². The first kappa shape index (κ1) is 14.9. The Bertz CT molecular complexity index is 448. The molecule has 0 amide bonds. The number of nitrogens with two attached hydrogens (primary N) is 1. The summed E-state index contributed by atoms with van der Waals surface area (Å²) in [6, 6.07) is 4.43. The molecular weight excluding hydrogens is 266 g/mol. The van der Waals surface area contributed by atoms with Crippen LogP contribution >= 0.6 is 0 Å². The molecule has 2 saturated heterocycles. The van der Waals surface area contributed by atoms with E-state index in [-0.39, 0.29) is 12.1 Å². The fraction of sp³-hybridized carbons (Fsp3) is 0.688. The van der Waals surface area contributed by atoms with Gasteiger partial charge in [0.1, 0.15) is 0 Å². The molecule has 2 aliphatic heterocycles. The van der Waals surface area contributed by atoms with Crippen LogP contribution in [0.5, 0.6) is 0 Å². The average Bonchev–Trinajstić information content (AvgIpc) is 2.96. The van der Waals surface area contributed by atoms with E-state index in [0.29, 0.717) is 13.2 Å². The highest BCUT2D eigenvalue weighted by Gasteiger charge is 2.43. The van der Waals surface area contributed by atoms with Gasteiger partial charge in [0.25, 0.3) is 0 Å². The van der Waals surface area contributed by atoms with Crippen LogP contribution in [0.4, 0.5) is 0 Å². The van der Waals surface area contributed by atoms with Crippen molar-refractivity contribution in [3.63, 3.8) is 0 Å². The number of hydrogen-bond donors (Lipinski definition) is 1. The molecule has 2 fully saturated rings. The minimum atomic E-state index is -0.406. The van der Waals surface area contributed by atoms with Gasteiger partial charge in [0.15, 0.2) is 5.79 Å². The Morgan fingerprint density at radius 3 is 2.71 bits per heavy atom. The molecule has 21 heavy (non-hydrogen) atoms. The Hall–Kier alpha value is -1.01. The Labute approximate surface area is 126 Å². The lowest BCUT2D eigenvalue weighted by molar-refractivity contribution is -0.195. The van der Waals surface area contributed by atoms with Gasteiger partial charge in [-0.15, -0.1) is 0 Å². The van der Waals surface area contributed by atoms with E-state index in [4.69, 9.17) is 15.2 Å². The summed E-state index contributed by atoms with van der Waals surface area (Å²) in [5.74, 6) is -0.406. The van der Waals surface area contributed by atoms with Crippen LogP contribution in [-0.4, -0.2) is 48.0 Å². The minimum absolute atomic E-state index is 0.101. The van der Waals surface area contributed by atoms with E-state index in [9.17, 15) is 0 Å². The molecule has 3 rings (SSSR count). The summed E-state index contributed by atoms with van der Waals surface area (Å²) in [4.78, 5) is 6.55.